The van der Waals surface area contributed by atoms with Crippen molar-refractivity contribution in [1.29, 1.82) is 0 Å². The van der Waals surface area contributed by atoms with Crippen LogP contribution in [0.1, 0.15) is 33.1 Å². The van der Waals surface area contributed by atoms with Gasteiger partial charge in [-0.05, 0) is 25.5 Å². The van der Waals surface area contributed by atoms with Gasteiger partial charge in [-0.15, -0.1) is 0 Å². The van der Waals surface area contributed by atoms with Crippen molar-refractivity contribution in [2.45, 2.75) is 33.1 Å². The number of anilines is 2. The number of hydrogen-bond acceptors (Lipinski definition) is 4. The van der Waals surface area contributed by atoms with Crippen molar-refractivity contribution >= 4 is 11.5 Å². The molecule has 0 aliphatic carbocycles. The highest BCUT2D eigenvalue weighted by Gasteiger charge is 2.07. The number of rotatable bonds is 7. The zero-order valence-electron chi connectivity index (χ0n) is 11.1. The molecule has 1 aromatic rings. The predicted molar refractivity (Wildman–Crippen MR) is 72.6 cm³/mol. The van der Waals surface area contributed by atoms with E-state index in [1.54, 1.807) is 0 Å². The molecule has 0 aliphatic heterocycles. The van der Waals surface area contributed by atoms with Crippen LogP contribution >= 0.6 is 0 Å². The Hall–Kier alpha value is -1.45. The number of nitrogens with two attached hydrogens (primary N) is 1. The Morgan fingerprint density at radius 1 is 1.29 bits per heavy atom. The summed E-state index contributed by atoms with van der Waals surface area (Å²) >= 11 is 0. The summed E-state index contributed by atoms with van der Waals surface area (Å²) in [5.74, 6) is 1.45. The number of unbranched alkanes of at least 4 members (excludes halogenated alkanes) is 2. The van der Waals surface area contributed by atoms with E-state index >= 15 is 0 Å². The van der Waals surface area contributed by atoms with E-state index in [0.29, 0.717) is 18.2 Å². The molecule has 1 heterocycles. The molecule has 0 atom stereocenters. The van der Waals surface area contributed by atoms with Crippen molar-refractivity contribution in [3.63, 3.8) is 0 Å². The molecule has 4 nitrogen and oxygen atoms in total. The van der Waals surface area contributed by atoms with Crippen LogP contribution in [0.25, 0.3) is 0 Å². The van der Waals surface area contributed by atoms with Crippen LogP contribution in [0.5, 0.6) is 5.88 Å². The lowest BCUT2D eigenvalue weighted by atomic mass is 10.2. The minimum Gasteiger partial charge on any atom is -0.476 e. The molecule has 17 heavy (non-hydrogen) atoms. The third-order valence-electron chi connectivity index (χ3n) is 2.64. The van der Waals surface area contributed by atoms with Gasteiger partial charge >= 0.3 is 0 Å². The summed E-state index contributed by atoms with van der Waals surface area (Å²) in [6.45, 7) is 5.73. The molecule has 1 rings (SSSR count). The highest BCUT2D eigenvalue weighted by atomic mass is 16.5. The average Bonchev–Trinajstić information content (AvgIpc) is 2.32. The zero-order chi connectivity index (χ0) is 12.7. The monoisotopic (exact) mass is 237 g/mol. The number of nitrogen functional groups attached to an aromatic ring is 1. The molecule has 0 amide bonds. The minimum atomic E-state index is 0.535. The second-order valence-electron chi connectivity index (χ2n) is 4.13. The molecule has 0 radical (unpaired) electrons. The second-order valence-corrected chi connectivity index (χ2v) is 4.13. The summed E-state index contributed by atoms with van der Waals surface area (Å²) in [6, 6.07) is 3.79. The highest BCUT2D eigenvalue weighted by Crippen LogP contribution is 2.22. The Balaban J connectivity index is 2.66. The summed E-state index contributed by atoms with van der Waals surface area (Å²) in [4.78, 5) is 6.56. The summed E-state index contributed by atoms with van der Waals surface area (Å²) < 4.78 is 5.39. The summed E-state index contributed by atoms with van der Waals surface area (Å²) in [7, 11) is 2.05. The van der Waals surface area contributed by atoms with Gasteiger partial charge in [0.2, 0.25) is 5.88 Å². The third-order valence-corrected chi connectivity index (χ3v) is 2.64. The van der Waals surface area contributed by atoms with Crippen LogP contribution in [0.3, 0.4) is 0 Å². The van der Waals surface area contributed by atoms with E-state index < -0.39 is 0 Å². The lowest BCUT2D eigenvalue weighted by Gasteiger charge is -2.19. The topological polar surface area (TPSA) is 51.4 Å². The maximum atomic E-state index is 5.79. The lowest BCUT2D eigenvalue weighted by molar-refractivity contribution is 0.329. The van der Waals surface area contributed by atoms with Crippen molar-refractivity contribution in [2.24, 2.45) is 0 Å². The van der Waals surface area contributed by atoms with Gasteiger partial charge in [0, 0.05) is 13.6 Å². The fourth-order valence-corrected chi connectivity index (χ4v) is 1.62. The third kappa shape index (κ3) is 4.13. The van der Waals surface area contributed by atoms with Gasteiger partial charge in [-0.25, -0.2) is 0 Å². The Morgan fingerprint density at radius 2 is 2.06 bits per heavy atom. The first-order valence-corrected chi connectivity index (χ1v) is 6.29. The Bertz CT molecular complexity index is 341. The smallest absolute Gasteiger partial charge is 0.239 e. The van der Waals surface area contributed by atoms with Gasteiger partial charge < -0.3 is 15.4 Å². The maximum Gasteiger partial charge on any atom is 0.239 e. The normalized spacial score (nSPS) is 10.3. The summed E-state index contributed by atoms with van der Waals surface area (Å²) in [5, 5.41) is 0. The zero-order valence-corrected chi connectivity index (χ0v) is 11.1. The van der Waals surface area contributed by atoms with E-state index in [-0.39, 0.29) is 0 Å². The predicted octanol–water partition coefficient (Wildman–Crippen LogP) is 2.69. The molecular formula is C13H23N3O. The first kappa shape index (κ1) is 13.6. The molecule has 4 heteroatoms. The van der Waals surface area contributed by atoms with E-state index in [2.05, 4.69) is 16.8 Å². The lowest BCUT2D eigenvalue weighted by Crippen LogP contribution is -2.20. The van der Waals surface area contributed by atoms with Gasteiger partial charge in [-0.1, -0.05) is 19.8 Å². The van der Waals surface area contributed by atoms with Gasteiger partial charge in [-0.2, -0.15) is 4.98 Å². The van der Waals surface area contributed by atoms with Crippen molar-refractivity contribution in [1.82, 2.24) is 4.98 Å². The van der Waals surface area contributed by atoms with Crippen LogP contribution in [0, 0.1) is 0 Å². The molecule has 0 bridgehead atoms. The van der Waals surface area contributed by atoms with Crippen molar-refractivity contribution in [3.05, 3.63) is 12.1 Å². The maximum absolute atomic E-state index is 5.79. The van der Waals surface area contributed by atoms with Gasteiger partial charge in [0.25, 0.3) is 0 Å². The quantitative estimate of drug-likeness (QED) is 0.741. The second kappa shape index (κ2) is 6.99. The van der Waals surface area contributed by atoms with Crippen LogP contribution < -0.4 is 15.4 Å². The van der Waals surface area contributed by atoms with Crippen molar-refractivity contribution < 1.29 is 4.74 Å². The SMILES string of the molecule is CCCCCN(C)c1ccc(N)c(OCC)n1. The summed E-state index contributed by atoms with van der Waals surface area (Å²) in [5.41, 5.74) is 6.39. The number of nitrogens with zero attached hydrogens (tertiary/aromatic N) is 2. The summed E-state index contributed by atoms with van der Waals surface area (Å²) in [6.07, 6.45) is 3.66. The van der Waals surface area contributed by atoms with Crippen LogP contribution in [0.4, 0.5) is 11.5 Å². The first-order valence-electron chi connectivity index (χ1n) is 6.29. The Labute approximate surface area is 104 Å². The number of aromatic nitrogens is 1. The largest absolute Gasteiger partial charge is 0.476 e. The van der Waals surface area contributed by atoms with Crippen LogP contribution in [0.15, 0.2) is 12.1 Å². The average molecular weight is 237 g/mol. The number of pyridine rings is 1. The molecule has 0 unspecified atom stereocenters. The molecule has 1 aromatic heterocycles. The molecule has 96 valence electrons. The molecular weight excluding hydrogens is 214 g/mol. The standard InChI is InChI=1S/C13H23N3O/c1-4-6-7-10-16(3)12-9-8-11(14)13(15-12)17-5-2/h8-9H,4-7,10,14H2,1-3H3. The molecule has 0 saturated carbocycles. The fourth-order valence-electron chi connectivity index (χ4n) is 1.62. The molecule has 0 saturated heterocycles. The van der Waals surface area contributed by atoms with Crippen molar-refractivity contribution in [2.75, 3.05) is 30.8 Å². The van der Waals surface area contributed by atoms with E-state index in [1.807, 2.05) is 26.1 Å². The van der Waals surface area contributed by atoms with Crippen LogP contribution in [0.2, 0.25) is 0 Å². The van der Waals surface area contributed by atoms with E-state index in [9.17, 15) is 0 Å². The molecule has 0 fully saturated rings. The Kier molecular flexibility index (Phi) is 5.60. The van der Waals surface area contributed by atoms with Gasteiger partial charge in [0.1, 0.15) is 5.82 Å². The van der Waals surface area contributed by atoms with Gasteiger partial charge in [0.05, 0.1) is 12.3 Å². The molecule has 2 N–H and O–H groups in total. The molecule has 0 spiro atoms. The molecule has 0 aliphatic rings. The number of hydrogen-bond donors (Lipinski definition) is 1. The molecule has 0 aromatic carbocycles. The highest BCUT2D eigenvalue weighted by molar-refractivity contribution is 5.54. The minimum absolute atomic E-state index is 0.535. The van der Waals surface area contributed by atoms with Crippen LogP contribution in [-0.2, 0) is 0 Å². The first-order chi connectivity index (χ1) is 8.19. The van der Waals surface area contributed by atoms with Crippen LogP contribution in [-0.4, -0.2) is 25.2 Å². The van der Waals surface area contributed by atoms with E-state index in [4.69, 9.17) is 10.5 Å². The Morgan fingerprint density at radius 3 is 2.71 bits per heavy atom. The van der Waals surface area contributed by atoms with Gasteiger partial charge in [0.15, 0.2) is 0 Å². The van der Waals surface area contributed by atoms with Crippen molar-refractivity contribution in [3.8, 4) is 5.88 Å². The van der Waals surface area contributed by atoms with Gasteiger partial charge in [-0.3, -0.25) is 0 Å². The number of ether oxygens (including phenoxy) is 1. The van der Waals surface area contributed by atoms with E-state index in [0.717, 1.165) is 12.4 Å². The van der Waals surface area contributed by atoms with E-state index in [1.165, 1.54) is 19.3 Å². The fraction of sp³-hybridized carbons (Fsp3) is 0.615.